The van der Waals surface area contributed by atoms with Crippen LogP contribution in [0.25, 0.3) is 0 Å². The second-order valence-corrected chi connectivity index (χ2v) is 7.04. The van der Waals surface area contributed by atoms with Crippen molar-refractivity contribution in [1.29, 1.82) is 0 Å². The molecule has 1 heterocycles. The van der Waals surface area contributed by atoms with Gasteiger partial charge in [-0.15, -0.1) is 0 Å². The molecule has 27 heavy (non-hydrogen) atoms. The van der Waals surface area contributed by atoms with Crippen molar-refractivity contribution in [2.75, 3.05) is 13.2 Å². The second kappa shape index (κ2) is 7.13. The van der Waals surface area contributed by atoms with Crippen molar-refractivity contribution in [2.45, 2.75) is 24.7 Å². The van der Waals surface area contributed by atoms with Gasteiger partial charge in [-0.1, -0.05) is 36.4 Å². The number of aliphatic hydroxyl groups is 1. The number of carbonyl (C=O) groups excluding carboxylic acids is 2. The highest BCUT2D eigenvalue weighted by Crippen LogP contribution is 2.48. The van der Waals surface area contributed by atoms with Crippen LogP contribution in [0, 0.1) is 5.41 Å². The fourth-order valence-corrected chi connectivity index (χ4v) is 3.80. The molecule has 0 radical (unpaired) electrons. The van der Waals surface area contributed by atoms with Gasteiger partial charge >= 0.3 is 11.9 Å². The lowest BCUT2D eigenvalue weighted by molar-refractivity contribution is -0.0561. The molecular weight excluding hydrogens is 348 g/mol. The lowest BCUT2D eigenvalue weighted by Crippen LogP contribution is -2.39. The SMILES string of the molecule is O=C(OC[C@@]12CO[C@@H]([C@H](O)C1)[C@@H]2OC(=O)c1ccccc1)c1ccccc1. The van der Waals surface area contributed by atoms with Crippen molar-refractivity contribution in [3.05, 3.63) is 71.8 Å². The molecule has 0 amide bonds. The number of rotatable bonds is 5. The molecule has 1 N–H and O–H groups in total. The van der Waals surface area contributed by atoms with E-state index in [2.05, 4.69) is 0 Å². The lowest BCUT2D eigenvalue weighted by Gasteiger charge is -2.29. The number of aliphatic hydroxyl groups excluding tert-OH is 1. The van der Waals surface area contributed by atoms with Crippen LogP contribution in [0.5, 0.6) is 0 Å². The number of fused-ring (bicyclic) bond motifs is 2. The maximum Gasteiger partial charge on any atom is 0.338 e. The molecule has 6 heteroatoms. The average Bonchev–Trinajstić information content (AvgIpc) is 3.18. The molecule has 4 rings (SSSR count). The molecule has 0 spiro atoms. The highest BCUT2D eigenvalue weighted by molar-refractivity contribution is 5.90. The normalized spacial score (nSPS) is 28.7. The minimum absolute atomic E-state index is 0.0149. The van der Waals surface area contributed by atoms with Crippen LogP contribution in [0.4, 0.5) is 0 Å². The molecule has 1 aliphatic heterocycles. The third-order valence-electron chi connectivity index (χ3n) is 5.20. The minimum Gasteiger partial charge on any atom is -0.461 e. The summed E-state index contributed by atoms with van der Waals surface area (Å²) in [6.07, 6.45) is -1.67. The van der Waals surface area contributed by atoms with Crippen LogP contribution in [0.1, 0.15) is 27.1 Å². The molecule has 2 bridgehead atoms. The predicted molar refractivity (Wildman–Crippen MR) is 95.2 cm³/mol. The van der Waals surface area contributed by atoms with Crippen molar-refractivity contribution < 1.29 is 28.9 Å². The molecule has 2 aromatic rings. The van der Waals surface area contributed by atoms with Gasteiger partial charge in [0.2, 0.25) is 0 Å². The average molecular weight is 368 g/mol. The maximum atomic E-state index is 12.5. The van der Waals surface area contributed by atoms with Crippen molar-refractivity contribution in [3.8, 4) is 0 Å². The zero-order valence-electron chi connectivity index (χ0n) is 14.6. The maximum absolute atomic E-state index is 12.5. The van der Waals surface area contributed by atoms with E-state index in [0.29, 0.717) is 17.5 Å². The van der Waals surface area contributed by atoms with E-state index in [4.69, 9.17) is 14.2 Å². The molecule has 4 atom stereocenters. The summed E-state index contributed by atoms with van der Waals surface area (Å²) in [7, 11) is 0. The Morgan fingerprint density at radius 1 is 1.00 bits per heavy atom. The van der Waals surface area contributed by atoms with Gasteiger partial charge in [-0.2, -0.15) is 0 Å². The molecular formula is C21H20O6. The predicted octanol–water partition coefficient (Wildman–Crippen LogP) is 2.22. The Morgan fingerprint density at radius 3 is 2.19 bits per heavy atom. The van der Waals surface area contributed by atoms with Gasteiger partial charge in [0.15, 0.2) is 0 Å². The zero-order valence-corrected chi connectivity index (χ0v) is 14.6. The largest absolute Gasteiger partial charge is 0.461 e. The van der Waals surface area contributed by atoms with Crippen molar-refractivity contribution >= 4 is 11.9 Å². The van der Waals surface area contributed by atoms with E-state index in [1.54, 1.807) is 48.5 Å². The summed E-state index contributed by atoms with van der Waals surface area (Å²) in [4.78, 5) is 24.7. The van der Waals surface area contributed by atoms with Gasteiger partial charge in [0, 0.05) is 0 Å². The summed E-state index contributed by atoms with van der Waals surface area (Å²) in [6.45, 7) is 0.282. The highest BCUT2D eigenvalue weighted by Gasteiger charge is 2.62. The highest BCUT2D eigenvalue weighted by atomic mass is 16.6. The molecule has 1 aliphatic carbocycles. The standard InChI is InChI=1S/C21H20O6/c22-16-11-21(13-26-19(23)14-7-3-1-4-8-14)12-25-17(16)18(21)27-20(24)15-9-5-2-6-10-15/h1-10,16-18,22H,11-13H2/t16-,17+,18+,21+/m1/s1. The van der Waals surface area contributed by atoms with Gasteiger partial charge in [-0.05, 0) is 30.7 Å². The van der Waals surface area contributed by atoms with Crippen molar-refractivity contribution in [2.24, 2.45) is 5.41 Å². The number of hydrogen-bond donors (Lipinski definition) is 1. The Hall–Kier alpha value is -2.70. The van der Waals surface area contributed by atoms with Crippen molar-refractivity contribution in [1.82, 2.24) is 0 Å². The van der Waals surface area contributed by atoms with Crippen molar-refractivity contribution in [3.63, 3.8) is 0 Å². The van der Waals surface area contributed by atoms with Crippen LogP contribution in [0.3, 0.4) is 0 Å². The Bertz CT molecular complexity index is 821. The second-order valence-electron chi connectivity index (χ2n) is 7.04. The van der Waals surface area contributed by atoms with Gasteiger partial charge < -0.3 is 19.3 Å². The first-order valence-electron chi connectivity index (χ1n) is 8.87. The van der Waals surface area contributed by atoms with Crippen LogP contribution in [-0.4, -0.2) is 48.6 Å². The van der Waals surface area contributed by atoms with Gasteiger partial charge in [0.25, 0.3) is 0 Å². The number of hydrogen-bond acceptors (Lipinski definition) is 6. The summed E-state index contributed by atoms with van der Waals surface area (Å²) >= 11 is 0. The molecule has 6 nitrogen and oxygen atoms in total. The van der Waals surface area contributed by atoms with E-state index in [1.807, 2.05) is 12.1 Å². The molecule has 140 valence electrons. The first-order chi connectivity index (χ1) is 13.1. The monoisotopic (exact) mass is 368 g/mol. The Kier molecular flexibility index (Phi) is 4.68. The van der Waals surface area contributed by atoms with E-state index in [0.717, 1.165) is 0 Å². The summed E-state index contributed by atoms with van der Waals surface area (Å²) in [5.41, 5.74) is 0.134. The smallest absolute Gasteiger partial charge is 0.338 e. The molecule has 2 fully saturated rings. The van der Waals surface area contributed by atoms with E-state index in [1.165, 1.54) is 0 Å². The molecule has 0 aromatic heterocycles. The lowest BCUT2D eigenvalue weighted by atomic mass is 9.86. The van der Waals surface area contributed by atoms with Crippen LogP contribution in [0.15, 0.2) is 60.7 Å². The van der Waals surface area contributed by atoms with Crippen LogP contribution >= 0.6 is 0 Å². The van der Waals surface area contributed by atoms with Crippen LogP contribution in [0.2, 0.25) is 0 Å². The van der Waals surface area contributed by atoms with E-state index in [-0.39, 0.29) is 13.2 Å². The van der Waals surface area contributed by atoms with Gasteiger partial charge in [0.05, 0.1) is 29.3 Å². The van der Waals surface area contributed by atoms with Gasteiger partial charge in [-0.3, -0.25) is 0 Å². The quantitative estimate of drug-likeness (QED) is 0.815. The Balaban J connectivity index is 1.48. The number of esters is 2. The summed E-state index contributed by atoms with van der Waals surface area (Å²) in [6, 6.07) is 17.3. The van der Waals surface area contributed by atoms with Gasteiger partial charge in [0.1, 0.15) is 18.8 Å². The zero-order chi connectivity index (χ0) is 18.9. The fraction of sp³-hybridized carbons (Fsp3) is 0.333. The first-order valence-corrected chi connectivity index (χ1v) is 8.87. The molecule has 1 saturated carbocycles. The summed E-state index contributed by atoms with van der Waals surface area (Å²) in [5, 5.41) is 10.3. The summed E-state index contributed by atoms with van der Waals surface area (Å²) in [5.74, 6) is -0.938. The first kappa shape index (κ1) is 17.7. The Labute approximate surface area is 156 Å². The molecule has 2 aliphatic rings. The number of carbonyl (C=O) groups is 2. The van der Waals surface area contributed by atoms with Crippen LogP contribution < -0.4 is 0 Å². The molecule has 0 unspecified atom stereocenters. The Morgan fingerprint density at radius 2 is 1.59 bits per heavy atom. The topological polar surface area (TPSA) is 82.1 Å². The van der Waals surface area contributed by atoms with E-state index in [9.17, 15) is 14.7 Å². The number of ether oxygens (including phenoxy) is 3. The number of benzene rings is 2. The fourth-order valence-electron chi connectivity index (χ4n) is 3.80. The summed E-state index contributed by atoms with van der Waals surface area (Å²) < 4.78 is 16.8. The molecule has 1 saturated heterocycles. The third kappa shape index (κ3) is 3.34. The van der Waals surface area contributed by atoms with Crippen LogP contribution in [-0.2, 0) is 14.2 Å². The van der Waals surface area contributed by atoms with Gasteiger partial charge in [-0.25, -0.2) is 9.59 Å². The minimum atomic E-state index is -0.761. The van der Waals surface area contributed by atoms with E-state index < -0.39 is 35.7 Å². The van der Waals surface area contributed by atoms with E-state index >= 15 is 0 Å². The third-order valence-corrected chi connectivity index (χ3v) is 5.20. The molecule has 2 aromatic carbocycles.